The van der Waals surface area contributed by atoms with Gasteiger partial charge in [-0.3, -0.25) is 10.1 Å². The van der Waals surface area contributed by atoms with Crippen LogP contribution < -0.4 is 11.1 Å². The zero-order chi connectivity index (χ0) is 15.0. The van der Waals surface area contributed by atoms with Crippen LogP contribution >= 0.6 is 39.7 Å². The minimum absolute atomic E-state index is 0. The van der Waals surface area contributed by atoms with Crippen molar-refractivity contribution in [1.82, 2.24) is 4.98 Å². The molecule has 3 rings (SSSR count). The summed E-state index contributed by atoms with van der Waals surface area (Å²) in [5, 5.41) is 3.57. The van der Waals surface area contributed by atoms with Gasteiger partial charge in [-0.1, -0.05) is 22.0 Å². The molecular formula is C15H17BrClN3OS. The lowest BCUT2D eigenvalue weighted by Crippen LogP contribution is -2.27. The number of amides is 1. The summed E-state index contributed by atoms with van der Waals surface area (Å²) in [4.78, 5) is 18.1. The Morgan fingerprint density at radius 2 is 2.27 bits per heavy atom. The molecule has 118 valence electrons. The van der Waals surface area contributed by atoms with Gasteiger partial charge in [-0.05, 0) is 43.9 Å². The van der Waals surface area contributed by atoms with E-state index in [1.54, 1.807) is 0 Å². The predicted octanol–water partition coefficient (Wildman–Crippen LogP) is 3.70. The fourth-order valence-corrected chi connectivity index (χ4v) is 3.91. The molecule has 1 amide bonds. The molecule has 1 aliphatic rings. The third-order valence-electron chi connectivity index (χ3n) is 3.64. The van der Waals surface area contributed by atoms with Gasteiger partial charge in [-0.15, -0.1) is 23.7 Å². The summed E-state index contributed by atoms with van der Waals surface area (Å²) in [6, 6.07) is 5.89. The molecule has 3 N–H and O–H groups in total. The molecule has 4 nitrogen and oxygen atoms in total. The van der Waals surface area contributed by atoms with Gasteiger partial charge in [-0.2, -0.15) is 0 Å². The van der Waals surface area contributed by atoms with Crippen LogP contribution in [0.15, 0.2) is 22.7 Å². The van der Waals surface area contributed by atoms with Gasteiger partial charge in [0.05, 0.1) is 5.69 Å². The second kappa shape index (κ2) is 7.08. The van der Waals surface area contributed by atoms with Crippen molar-refractivity contribution in [3.8, 4) is 0 Å². The number of anilines is 1. The molecule has 1 aromatic carbocycles. The van der Waals surface area contributed by atoms with Crippen LogP contribution in [0.25, 0.3) is 0 Å². The average Bonchev–Trinajstić information content (AvgIpc) is 2.82. The van der Waals surface area contributed by atoms with Gasteiger partial charge in [0.25, 0.3) is 5.91 Å². The summed E-state index contributed by atoms with van der Waals surface area (Å²) >= 11 is 4.93. The highest BCUT2D eigenvalue weighted by molar-refractivity contribution is 9.10. The standard InChI is InChI=1S/C15H16BrN3OS.ClH/c1-8-2-3-9(16)6-11(8)14(20)19-15-18-12-5-4-10(17)7-13(12)21-15;/h2-3,6,10H,4-5,7,17H2,1H3,(H,18,19,20);1H/t10-;/m0./s1. The normalized spacial score (nSPS) is 16.6. The van der Waals surface area contributed by atoms with Gasteiger partial charge >= 0.3 is 0 Å². The molecule has 1 aromatic heterocycles. The van der Waals surface area contributed by atoms with Crippen molar-refractivity contribution >= 4 is 50.7 Å². The highest BCUT2D eigenvalue weighted by atomic mass is 79.9. The Morgan fingerprint density at radius 1 is 1.50 bits per heavy atom. The van der Waals surface area contributed by atoms with Gasteiger partial charge in [0.2, 0.25) is 0 Å². The minimum atomic E-state index is -0.121. The largest absolute Gasteiger partial charge is 0.327 e. The molecule has 0 saturated carbocycles. The first kappa shape index (κ1) is 17.4. The highest BCUT2D eigenvalue weighted by Gasteiger charge is 2.21. The van der Waals surface area contributed by atoms with Crippen molar-refractivity contribution < 1.29 is 4.79 Å². The third kappa shape index (κ3) is 3.68. The number of carbonyl (C=O) groups excluding carboxylic acids is 1. The number of benzene rings is 1. The van der Waals surface area contributed by atoms with Crippen LogP contribution in [0.4, 0.5) is 5.13 Å². The summed E-state index contributed by atoms with van der Waals surface area (Å²) in [6.07, 6.45) is 2.73. The number of rotatable bonds is 2. The van der Waals surface area contributed by atoms with E-state index >= 15 is 0 Å². The van der Waals surface area contributed by atoms with E-state index in [4.69, 9.17) is 5.73 Å². The number of thiazole rings is 1. The van der Waals surface area contributed by atoms with E-state index in [2.05, 4.69) is 26.2 Å². The van der Waals surface area contributed by atoms with Crippen LogP contribution in [-0.2, 0) is 12.8 Å². The first-order chi connectivity index (χ1) is 10.0. The number of hydrogen-bond donors (Lipinski definition) is 2. The minimum Gasteiger partial charge on any atom is -0.327 e. The van der Waals surface area contributed by atoms with Gasteiger partial charge in [0, 0.05) is 21.0 Å². The van der Waals surface area contributed by atoms with Crippen molar-refractivity contribution in [2.45, 2.75) is 32.2 Å². The number of hydrogen-bond acceptors (Lipinski definition) is 4. The van der Waals surface area contributed by atoms with E-state index in [-0.39, 0.29) is 24.4 Å². The van der Waals surface area contributed by atoms with Crippen LogP contribution in [0.5, 0.6) is 0 Å². The lowest BCUT2D eigenvalue weighted by atomic mass is 9.99. The molecule has 22 heavy (non-hydrogen) atoms. The molecule has 2 aromatic rings. The number of nitrogens with two attached hydrogens (primary N) is 1. The van der Waals surface area contributed by atoms with Gasteiger partial charge in [0.1, 0.15) is 0 Å². The zero-order valence-corrected chi connectivity index (χ0v) is 15.3. The summed E-state index contributed by atoms with van der Waals surface area (Å²) in [5.41, 5.74) is 8.66. The maximum Gasteiger partial charge on any atom is 0.257 e. The topological polar surface area (TPSA) is 68.0 Å². The second-order valence-corrected chi connectivity index (χ2v) is 7.30. The van der Waals surface area contributed by atoms with Crippen molar-refractivity contribution in [2.75, 3.05) is 5.32 Å². The Balaban J connectivity index is 0.00000176. The molecule has 0 spiro atoms. The molecule has 0 aliphatic heterocycles. The maximum atomic E-state index is 12.4. The number of carbonyl (C=O) groups is 1. The smallest absolute Gasteiger partial charge is 0.257 e. The van der Waals surface area contributed by atoms with Crippen molar-refractivity contribution in [2.24, 2.45) is 5.73 Å². The Kier molecular flexibility index (Phi) is 5.60. The summed E-state index contributed by atoms with van der Waals surface area (Å²) in [7, 11) is 0. The lowest BCUT2D eigenvalue weighted by Gasteiger charge is -2.15. The Labute approximate surface area is 148 Å². The Hall–Kier alpha value is -0.950. The maximum absolute atomic E-state index is 12.4. The number of nitrogens with zero attached hydrogens (tertiary/aromatic N) is 1. The molecule has 0 bridgehead atoms. The van der Waals surface area contributed by atoms with E-state index in [1.165, 1.54) is 16.2 Å². The Bertz CT molecular complexity index is 704. The van der Waals surface area contributed by atoms with Gasteiger partial charge < -0.3 is 5.73 Å². The van der Waals surface area contributed by atoms with Crippen LogP contribution in [0.3, 0.4) is 0 Å². The fraction of sp³-hybridized carbons (Fsp3) is 0.333. The molecule has 7 heteroatoms. The molecule has 1 aliphatic carbocycles. The molecule has 0 unspecified atom stereocenters. The zero-order valence-electron chi connectivity index (χ0n) is 12.1. The van der Waals surface area contributed by atoms with E-state index in [1.807, 2.05) is 25.1 Å². The second-order valence-electron chi connectivity index (χ2n) is 5.31. The number of aryl methyl sites for hydroxylation is 2. The predicted molar refractivity (Wildman–Crippen MR) is 96.2 cm³/mol. The van der Waals surface area contributed by atoms with E-state index in [9.17, 15) is 4.79 Å². The SMILES string of the molecule is Cc1ccc(Br)cc1C(=O)Nc1nc2c(s1)C[C@@H](N)CC2.Cl. The van der Waals surface area contributed by atoms with Crippen LogP contribution in [0.2, 0.25) is 0 Å². The molecule has 0 radical (unpaired) electrons. The van der Waals surface area contributed by atoms with Crippen molar-refractivity contribution in [1.29, 1.82) is 0 Å². The van der Waals surface area contributed by atoms with E-state index < -0.39 is 0 Å². The number of fused-ring (bicyclic) bond motifs is 1. The lowest BCUT2D eigenvalue weighted by molar-refractivity contribution is 0.102. The first-order valence-corrected chi connectivity index (χ1v) is 8.45. The number of nitrogens with one attached hydrogen (secondary N) is 1. The highest BCUT2D eigenvalue weighted by Crippen LogP contribution is 2.29. The monoisotopic (exact) mass is 401 g/mol. The van der Waals surface area contributed by atoms with E-state index in [0.29, 0.717) is 10.7 Å². The van der Waals surface area contributed by atoms with Crippen LogP contribution in [0.1, 0.15) is 32.9 Å². The quantitative estimate of drug-likeness (QED) is 0.804. The first-order valence-electron chi connectivity index (χ1n) is 6.84. The molecule has 0 saturated heterocycles. The Morgan fingerprint density at radius 3 is 3.05 bits per heavy atom. The van der Waals surface area contributed by atoms with Crippen molar-refractivity contribution in [3.05, 3.63) is 44.4 Å². The summed E-state index contributed by atoms with van der Waals surface area (Å²) in [5.74, 6) is -0.121. The average molecular weight is 403 g/mol. The summed E-state index contributed by atoms with van der Waals surface area (Å²) in [6.45, 7) is 1.92. The van der Waals surface area contributed by atoms with Gasteiger partial charge in [0.15, 0.2) is 5.13 Å². The molecule has 0 fully saturated rings. The third-order valence-corrected chi connectivity index (χ3v) is 5.17. The fourth-order valence-electron chi connectivity index (χ4n) is 2.46. The molecular weight excluding hydrogens is 386 g/mol. The number of aromatic nitrogens is 1. The summed E-state index contributed by atoms with van der Waals surface area (Å²) < 4.78 is 0.891. The van der Waals surface area contributed by atoms with Crippen LogP contribution in [-0.4, -0.2) is 16.9 Å². The molecule has 1 atom stereocenters. The van der Waals surface area contributed by atoms with Gasteiger partial charge in [-0.25, -0.2) is 4.98 Å². The molecule has 1 heterocycles. The number of halogens is 2. The van der Waals surface area contributed by atoms with Crippen LogP contribution in [0, 0.1) is 6.92 Å². The van der Waals surface area contributed by atoms with Crippen molar-refractivity contribution in [3.63, 3.8) is 0 Å². The van der Waals surface area contributed by atoms with E-state index in [0.717, 1.165) is 35.0 Å².